The quantitative estimate of drug-likeness (QED) is 0.653. The number of piperidine rings is 1. The third-order valence-corrected chi connectivity index (χ3v) is 5.43. The fraction of sp³-hybridized carbons (Fsp3) is 1.00. The van der Waals surface area contributed by atoms with Crippen LogP contribution < -0.4 is 5.32 Å². The lowest BCUT2D eigenvalue weighted by molar-refractivity contribution is 0.0556. The highest BCUT2D eigenvalue weighted by Gasteiger charge is 2.31. The highest BCUT2D eigenvalue weighted by atomic mass is 32.2. The molecule has 7 heteroatoms. The molecule has 114 valence electrons. The lowest BCUT2D eigenvalue weighted by Crippen LogP contribution is -2.48. The molecule has 0 aromatic carbocycles. The van der Waals surface area contributed by atoms with Gasteiger partial charge in [0.1, 0.15) is 0 Å². The number of nitrogens with one attached hydrogen (secondary N) is 1. The minimum Gasteiger partial charge on any atom is -0.380 e. The Morgan fingerprint density at radius 3 is 2.84 bits per heavy atom. The summed E-state index contributed by atoms with van der Waals surface area (Å²) >= 11 is 0. The molecule has 1 unspecified atom stereocenters. The Morgan fingerprint density at radius 2 is 2.21 bits per heavy atom. The van der Waals surface area contributed by atoms with Crippen molar-refractivity contribution in [1.29, 1.82) is 0 Å². The minimum atomic E-state index is -3.33. The Kier molecular flexibility index (Phi) is 7.23. The first-order chi connectivity index (χ1) is 9.02. The molecule has 1 N–H and O–H groups in total. The molecule has 1 saturated heterocycles. The van der Waals surface area contributed by atoms with Crippen LogP contribution in [0.2, 0.25) is 0 Å². The van der Waals surface area contributed by atoms with Gasteiger partial charge in [-0.3, -0.25) is 0 Å². The molecule has 1 aliphatic rings. The Morgan fingerprint density at radius 1 is 1.47 bits per heavy atom. The summed E-state index contributed by atoms with van der Waals surface area (Å²) in [7, 11) is -0.0431. The van der Waals surface area contributed by atoms with E-state index in [1.807, 2.05) is 6.92 Å². The first-order valence-electron chi connectivity index (χ1n) is 6.97. The third-order valence-electron chi connectivity index (χ3n) is 3.47. The number of rotatable bonds is 8. The molecule has 1 aliphatic heterocycles. The SMILES string of the molecule is CCNCCCN(C)S(=O)(=O)N1CCCC(OC)C1. The van der Waals surface area contributed by atoms with E-state index < -0.39 is 10.2 Å². The van der Waals surface area contributed by atoms with E-state index in [4.69, 9.17) is 4.74 Å². The van der Waals surface area contributed by atoms with E-state index in [2.05, 4.69) is 5.32 Å². The zero-order chi connectivity index (χ0) is 14.3. The van der Waals surface area contributed by atoms with Gasteiger partial charge in [-0.05, 0) is 32.4 Å². The lowest BCUT2D eigenvalue weighted by Gasteiger charge is -2.33. The first kappa shape index (κ1) is 16.8. The van der Waals surface area contributed by atoms with Crippen molar-refractivity contribution in [3.63, 3.8) is 0 Å². The van der Waals surface area contributed by atoms with Crippen LogP contribution in [-0.2, 0) is 14.9 Å². The number of hydrogen-bond acceptors (Lipinski definition) is 4. The first-order valence-corrected chi connectivity index (χ1v) is 8.37. The summed E-state index contributed by atoms with van der Waals surface area (Å²) in [5.74, 6) is 0. The van der Waals surface area contributed by atoms with E-state index in [1.54, 1.807) is 14.2 Å². The van der Waals surface area contributed by atoms with E-state index in [1.165, 1.54) is 8.61 Å². The van der Waals surface area contributed by atoms with E-state index >= 15 is 0 Å². The molecule has 6 nitrogen and oxygen atoms in total. The standard InChI is InChI=1S/C12H27N3O3S/c1-4-13-8-6-9-14(2)19(16,17)15-10-5-7-12(11-15)18-3/h12-13H,4-11H2,1-3H3. The van der Waals surface area contributed by atoms with Gasteiger partial charge in [-0.2, -0.15) is 17.0 Å². The van der Waals surface area contributed by atoms with Gasteiger partial charge < -0.3 is 10.1 Å². The highest BCUT2D eigenvalue weighted by Crippen LogP contribution is 2.17. The minimum absolute atomic E-state index is 0.0266. The van der Waals surface area contributed by atoms with Gasteiger partial charge in [-0.1, -0.05) is 6.92 Å². The second kappa shape index (κ2) is 8.16. The Balaban J connectivity index is 2.48. The second-order valence-electron chi connectivity index (χ2n) is 4.89. The fourth-order valence-corrected chi connectivity index (χ4v) is 3.69. The van der Waals surface area contributed by atoms with Crippen LogP contribution in [0.1, 0.15) is 26.2 Å². The number of nitrogens with zero attached hydrogens (tertiary/aromatic N) is 2. The molecule has 1 fully saturated rings. The van der Waals surface area contributed by atoms with E-state index in [0.29, 0.717) is 19.6 Å². The predicted octanol–water partition coefficient (Wildman–Crippen LogP) is 0.273. The number of ether oxygens (including phenoxy) is 1. The average molecular weight is 293 g/mol. The Labute approximate surface area is 117 Å². The van der Waals surface area contributed by atoms with Gasteiger partial charge >= 0.3 is 0 Å². The maximum absolute atomic E-state index is 12.4. The van der Waals surface area contributed by atoms with E-state index in [0.717, 1.165) is 32.4 Å². The van der Waals surface area contributed by atoms with Crippen LogP contribution in [0.25, 0.3) is 0 Å². The van der Waals surface area contributed by atoms with Crippen molar-refractivity contribution in [3.05, 3.63) is 0 Å². The van der Waals surface area contributed by atoms with Gasteiger partial charge in [0, 0.05) is 33.8 Å². The van der Waals surface area contributed by atoms with Crippen molar-refractivity contribution in [2.75, 3.05) is 46.9 Å². The van der Waals surface area contributed by atoms with Crippen LogP contribution in [0, 0.1) is 0 Å². The summed E-state index contributed by atoms with van der Waals surface area (Å²) < 4.78 is 33.0. The molecular weight excluding hydrogens is 266 g/mol. The maximum atomic E-state index is 12.4. The van der Waals surface area contributed by atoms with Crippen LogP contribution in [-0.4, -0.2) is 70.0 Å². The van der Waals surface area contributed by atoms with Crippen molar-refractivity contribution in [1.82, 2.24) is 13.9 Å². The summed E-state index contributed by atoms with van der Waals surface area (Å²) in [6, 6.07) is 0. The molecule has 0 radical (unpaired) electrons. The van der Waals surface area contributed by atoms with Crippen LogP contribution in [0.3, 0.4) is 0 Å². The molecule has 0 bridgehead atoms. The van der Waals surface area contributed by atoms with Crippen molar-refractivity contribution < 1.29 is 13.2 Å². The molecule has 0 aromatic rings. The van der Waals surface area contributed by atoms with Crippen molar-refractivity contribution in [2.45, 2.75) is 32.3 Å². The highest BCUT2D eigenvalue weighted by molar-refractivity contribution is 7.86. The van der Waals surface area contributed by atoms with Gasteiger partial charge in [0.2, 0.25) is 0 Å². The van der Waals surface area contributed by atoms with Gasteiger partial charge in [0.15, 0.2) is 0 Å². The van der Waals surface area contributed by atoms with Gasteiger partial charge in [-0.25, -0.2) is 0 Å². The molecule has 0 aliphatic carbocycles. The lowest BCUT2D eigenvalue weighted by atomic mass is 10.1. The third kappa shape index (κ3) is 5.00. The normalized spacial score (nSPS) is 22.0. The molecule has 1 heterocycles. The van der Waals surface area contributed by atoms with E-state index in [9.17, 15) is 8.42 Å². The summed E-state index contributed by atoms with van der Waals surface area (Å²) in [4.78, 5) is 0. The molecule has 0 amide bonds. The van der Waals surface area contributed by atoms with Crippen LogP contribution in [0.4, 0.5) is 0 Å². The summed E-state index contributed by atoms with van der Waals surface area (Å²) in [5, 5.41) is 3.20. The Bertz CT molecular complexity index is 348. The zero-order valence-corrected chi connectivity index (χ0v) is 13.1. The van der Waals surface area contributed by atoms with Crippen LogP contribution >= 0.6 is 0 Å². The molecule has 19 heavy (non-hydrogen) atoms. The fourth-order valence-electron chi connectivity index (χ4n) is 2.22. The number of hydrogen-bond donors (Lipinski definition) is 1. The molecule has 0 saturated carbocycles. The average Bonchev–Trinajstić information content (AvgIpc) is 2.43. The molecule has 0 spiro atoms. The van der Waals surface area contributed by atoms with Gasteiger partial charge in [-0.15, -0.1) is 0 Å². The second-order valence-corrected chi connectivity index (χ2v) is 6.93. The van der Waals surface area contributed by atoms with Crippen molar-refractivity contribution in [2.24, 2.45) is 0 Å². The van der Waals surface area contributed by atoms with Gasteiger partial charge in [0.25, 0.3) is 10.2 Å². The summed E-state index contributed by atoms with van der Waals surface area (Å²) in [6.45, 7) is 5.41. The molecular formula is C12H27N3O3S. The van der Waals surface area contributed by atoms with Crippen molar-refractivity contribution in [3.8, 4) is 0 Å². The maximum Gasteiger partial charge on any atom is 0.281 e. The van der Waals surface area contributed by atoms with Gasteiger partial charge in [0.05, 0.1) is 6.10 Å². The smallest absolute Gasteiger partial charge is 0.281 e. The monoisotopic (exact) mass is 293 g/mol. The van der Waals surface area contributed by atoms with E-state index in [-0.39, 0.29) is 6.10 Å². The van der Waals surface area contributed by atoms with Crippen molar-refractivity contribution >= 4 is 10.2 Å². The predicted molar refractivity (Wildman–Crippen MR) is 76.3 cm³/mol. The molecule has 0 aromatic heterocycles. The molecule has 1 rings (SSSR count). The largest absolute Gasteiger partial charge is 0.380 e. The van der Waals surface area contributed by atoms with Crippen LogP contribution in [0.5, 0.6) is 0 Å². The summed E-state index contributed by atoms with van der Waals surface area (Å²) in [5.41, 5.74) is 0. The Hall–Kier alpha value is -0.210. The number of methoxy groups -OCH3 is 1. The van der Waals surface area contributed by atoms with Crippen LogP contribution in [0.15, 0.2) is 0 Å². The zero-order valence-electron chi connectivity index (χ0n) is 12.3. The topological polar surface area (TPSA) is 61.9 Å². The molecule has 1 atom stereocenters. The summed E-state index contributed by atoms with van der Waals surface area (Å²) in [6.07, 6.45) is 2.65.